The Morgan fingerprint density at radius 2 is 1.96 bits per heavy atom. The Balaban J connectivity index is 1.68. The summed E-state index contributed by atoms with van der Waals surface area (Å²) in [4.78, 5) is 12.9. The second-order valence-corrected chi connectivity index (χ2v) is 9.48. The monoisotopic (exact) mass is 379 g/mol. The lowest BCUT2D eigenvalue weighted by Crippen LogP contribution is -2.52. The van der Waals surface area contributed by atoms with Crippen LogP contribution >= 0.6 is 0 Å². The molecule has 2 N–H and O–H groups in total. The molecule has 0 saturated carbocycles. The van der Waals surface area contributed by atoms with Crippen LogP contribution in [0.15, 0.2) is 35.2 Å². The smallest absolute Gasteiger partial charge is 0.234 e. The molecule has 0 aromatic heterocycles. The lowest BCUT2D eigenvalue weighted by atomic mass is 9.95. The Labute approximate surface area is 156 Å². The summed E-state index contributed by atoms with van der Waals surface area (Å²) in [6.45, 7) is 3.64. The summed E-state index contributed by atoms with van der Waals surface area (Å²) in [5.74, 6) is -0.297. The molecule has 3 atom stereocenters. The van der Waals surface area contributed by atoms with Gasteiger partial charge in [0.05, 0.1) is 4.90 Å². The normalized spacial score (nSPS) is 27.8. The number of hydrogen-bond acceptors (Lipinski definition) is 5. The predicted molar refractivity (Wildman–Crippen MR) is 101 cm³/mol. The Morgan fingerprint density at radius 1 is 1.19 bits per heavy atom. The largest absolute Gasteiger partial charge is 0.301 e. The molecule has 1 aromatic carbocycles. The summed E-state index contributed by atoms with van der Waals surface area (Å²) >= 11 is 0. The number of piperidine rings is 2. The molecule has 2 aliphatic rings. The zero-order valence-electron chi connectivity index (χ0n) is 15.4. The van der Waals surface area contributed by atoms with Gasteiger partial charge in [0.1, 0.15) is 5.37 Å². The average Bonchev–Trinajstić information content (AvgIpc) is 2.65. The van der Waals surface area contributed by atoms with Gasteiger partial charge in [-0.1, -0.05) is 24.6 Å². The first-order valence-corrected chi connectivity index (χ1v) is 11.1. The van der Waals surface area contributed by atoms with Gasteiger partial charge in [0.2, 0.25) is 5.91 Å². The number of benzene rings is 1. The molecule has 7 heteroatoms. The zero-order valence-corrected chi connectivity index (χ0v) is 16.2. The highest BCUT2D eigenvalue weighted by atomic mass is 32.2. The van der Waals surface area contributed by atoms with Crippen molar-refractivity contribution in [3.05, 3.63) is 30.3 Å². The van der Waals surface area contributed by atoms with Gasteiger partial charge in [0.15, 0.2) is 9.84 Å². The first kappa shape index (κ1) is 19.3. The molecule has 2 heterocycles. The minimum absolute atomic E-state index is 0.0827. The Bertz CT molecular complexity index is 708. The summed E-state index contributed by atoms with van der Waals surface area (Å²) in [6, 6.07) is 8.85. The van der Waals surface area contributed by atoms with Gasteiger partial charge in [-0.25, -0.2) is 13.4 Å². The van der Waals surface area contributed by atoms with Crippen molar-refractivity contribution in [1.29, 1.82) is 0 Å². The van der Waals surface area contributed by atoms with Crippen LogP contribution in [0.1, 0.15) is 45.4 Å². The van der Waals surface area contributed by atoms with Gasteiger partial charge < -0.3 is 5.32 Å². The molecule has 26 heavy (non-hydrogen) atoms. The molecule has 0 aliphatic carbocycles. The van der Waals surface area contributed by atoms with Crippen LogP contribution in [0.5, 0.6) is 0 Å². The van der Waals surface area contributed by atoms with Crippen LogP contribution in [-0.4, -0.2) is 43.8 Å². The quantitative estimate of drug-likeness (QED) is 0.819. The van der Waals surface area contributed by atoms with Crippen molar-refractivity contribution in [2.75, 3.05) is 13.1 Å². The molecule has 1 amide bonds. The van der Waals surface area contributed by atoms with Crippen LogP contribution in [0, 0.1) is 5.92 Å². The molecule has 0 bridgehead atoms. The molecule has 144 valence electrons. The van der Waals surface area contributed by atoms with E-state index >= 15 is 0 Å². The van der Waals surface area contributed by atoms with Crippen molar-refractivity contribution in [3.8, 4) is 0 Å². The van der Waals surface area contributed by atoms with Gasteiger partial charge in [-0.15, -0.1) is 0 Å². The fourth-order valence-corrected chi connectivity index (χ4v) is 5.87. The molecule has 3 rings (SSSR count). The molecule has 2 aliphatic heterocycles. The van der Waals surface area contributed by atoms with Crippen molar-refractivity contribution >= 4 is 15.7 Å². The van der Waals surface area contributed by atoms with Crippen LogP contribution in [0.25, 0.3) is 0 Å². The van der Waals surface area contributed by atoms with Crippen molar-refractivity contribution in [1.82, 2.24) is 15.8 Å². The lowest BCUT2D eigenvalue weighted by Gasteiger charge is -2.35. The van der Waals surface area contributed by atoms with Gasteiger partial charge in [0.25, 0.3) is 0 Å². The van der Waals surface area contributed by atoms with E-state index in [2.05, 4.69) is 17.7 Å². The fraction of sp³-hybridized carbons (Fsp3) is 0.632. The summed E-state index contributed by atoms with van der Waals surface area (Å²) in [5.41, 5.74) is 3.00. The number of nitrogens with zero attached hydrogens (tertiary/aromatic N) is 1. The van der Waals surface area contributed by atoms with E-state index in [4.69, 9.17) is 0 Å². The van der Waals surface area contributed by atoms with Gasteiger partial charge >= 0.3 is 0 Å². The van der Waals surface area contributed by atoms with Gasteiger partial charge in [0, 0.05) is 19.0 Å². The van der Waals surface area contributed by atoms with Crippen LogP contribution in [0.2, 0.25) is 0 Å². The minimum atomic E-state index is -3.51. The van der Waals surface area contributed by atoms with Crippen molar-refractivity contribution in [2.24, 2.45) is 5.92 Å². The van der Waals surface area contributed by atoms with E-state index < -0.39 is 15.2 Å². The zero-order chi connectivity index (χ0) is 18.6. The fourth-order valence-electron chi connectivity index (χ4n) is 3.96. The highest BCUT2D eigenvalue weighted by Crippen LogP contribution is 2.28. The first-order valence-electron chi connectivity index (χ1n) is 9.57. The standard InChI is InChI=1S/C19H29N3O3S/c1-15-8-5-6-13-22(15)21-18(23)14-16-9-7-12-20-19(16)26(24,25)17-10-3-2-4-11-17/h2-4,10-11,15-16,19-20H,5-9,12-14H2,1H3,(H,21,23). The number of hydrogen-bond donors (Lipinski definition) is 2. The summed E-state index contributed by atoms with van der Waals surface area (Å²) in [6.07, 6.45) is 5.22. The van der Waals surface area contributed by atoms with Gasteiger partial charge in [-0.05, 0) is 57.2 Å². The van der Waals surface area contributed by atoms with E-state index in [0.29, 0.717) is 17.5 Å². The molecular formula is C19H29N3O3S. The van der Waals surface area contributed by atoms with E-state index in [0.717, 1.165) is 32.2 Å². The number of hydrazine groups is 1. The molecule has 6 nitrogen and oxygen atoms in total. The Morgan fingerprint density at radius 3 is 2.69 bits per heavy atom. The molecule has 2 fully saturated rings. The predicted octanol–water partition coefficient (Wildman–Crippen LogP) is 2.08. The third-order valence-electron chi connectivity index (χ3n) is 5.45. The highest BCUT2D eigenvalue weighted by molar-refractivity contribution is 7.92. The van der Waals surface area contributed by atoms with E-state index in [1.165, 1.54) is 6.42 Å². The number of sulfone groups is 1. The third kappa shape index (κ3) is 4.45. The van der Waals surface area contributed by atoms with E-state index in [9.17, 15) is 13.2 Å². The molecule has 0 radical (unpaired) electrons. The maximum Gasteiger partial charge on any atom is 0.234 e. The number of rotatable bonds is 5. The summed E-state index contributed by atoms with van der Waals surface area (Å²) in [5, 5.41) is 4.44. The summed E-state index contributed by atoms with van der Waals surface area (Å²) < 4.78 is 26.0. The van der Waals surface area contributed by atoms with Crippen LogP contribution in [0.4, 0.5) is 0 Å². The minimum Gasteiger partial charge on any atom is -0.301 e. The number of carbonyl (C=O) groups is 1. The molecular weight excluding hydrogens is 350 g/mol. The number of nitrogens with one attached hydrogen (secondary N) is 2. The van der Waals surface area contributed by atoms with E-state index in [-0.39, 0.29) is 18.2 Å². The Hall–Kier alpha value is -1.44. The van der Waals surface area contributed by atoms with Crippen molar-refractivity contribution < 1.29 is 13.2 Å². The summed E-state index contributed by atoms with van der Waals surface area (Å²) in [7, 11) is -3.51. The maximum absolute atomic E-state index is 13.0. The van der Waals surface area contributed by atoms with Crippen molar-refractivity contribution in [3.63, 3.8) is 0 Å². The maximum atomic E-state index is 13.0. The van der Waals surface area contributed by atoms with Gasteiger partial charge in [-0.3, -0.25) is 10.2 Å². The number of amides is 1. The molecule has 2 saturated heterocycles. The average molecular weight is 380 g/mol. The second kappa shape index (κ2) is 8.50. The number of carbonyl (C=O) groups excluding carboxylic acids is 1. The SMILES string of the molecule is CC1CCCCN1NC(=O)CC1CCCNC1S(=O)(=O)c1ccccc1. The molecule has 0 spiro atoms. The topological polar surface area (TPSA) is 78.5 Å². The van der Waals surface area contributed by atoms with Crippen LogP contribution < -0.4 is 10.7 Å². The van der Waals surface area contributed by atoms with Crippen LogP contribution in [0.3, 0.4) is 0 Å². The van der Waals surface area contributed by atoms with Gasteiger partial charge in [-0.2, -0.15) is 0 Å². The lowest BCUT2D eigenvalue weighted by molar-refractivity contribution is -0.128. The van der Waals surface area contributed by atoms with Crippen molar-refractivity contribution in [2.45, 2.75) is 61.8 Å². The first-order chi connectivity index (χ1) is 12.5. The Kier molecular flexibility index (Phi) is 6.32. The van der Waals surface area contributed by atoms with Crippen LogP contribution in [-0.2, 0) is 14.6 Å². The molecule has 3 unspecified atom stereocenters. The second-order valence-electron chi connectivity index (χ2n) is 7.41. The van der Waals surface area contributed by atoms with E-state index in [1.54, 1.807) is 30.3 Å². The third-order valence-corrected chi connectivity index (χ3v) is 7.60. The highest BCUT2D eigenvalue weighted by Gasteiger charge is 2.37. The molecule has 1 aromatic rings. The van der Waals surface area contributed by atoms with E-state index in [1.807, 2.05) is 5.01 Å².